The van der Waals surface area contributed by atoms with Gasteiger partial charge in [0.2, 0.25) is 0 Å². The van der Waals surface area contributed by atoms with Gasteiger partial charge in [-0.2, -0.15) is 5.10 Å². The van der Waals surface area contributed by atoms with Crippen molar-refractivity contribution in [2.24, 2.45) is 0 Å². The molecule has 0 radical (unpaired) electrons. The van der Waals surface area contributed by atoms with E-state index in [2.05, 4.69) is 15.4 Å². The molecule has 88 valence electrons. The molecule has 6 nitrogen and oxygen atoms in total. The van der Waals surface area contributed by atoms with Gasteiger partial charge in [-0.1, -0.05) is 12.1 Å². The van der Waals surface area contributed by atoms with Crippen LogP contribution in [-0.2, 0) is 11.3 Å². The predicted octanol–water partition coefficient (Wildman–Crippen LogP) is 0.441. The number of nitrogens with one attached hydrogen (secondary N) is 1. The lowest BCUT2D eigenvalue weighted by Crippen LogP contribution is -2.21. The molecule has 1 heterocycles. The van der Waals surface area contributed by atoms with Crippen molar-refractivity contribution in [3.63, 3.8) is 0 Å². The van der Waals surface area contributed by atoms with Crippen LogP contribution < -0.4 is 5.32 Å². The number of carboxylic acid groups (broad SMARTS) is 1. The molecule has 0 saturated carbocycles. The van der Waals surface area contributed by atoms with Crippen molar-refractivity contribution in [3.05, 3.63) is 42.5 Å². The minimum absolute atomic E-state index is 0.0369. The zero-order chi connectivity index (χ0) is 12.1. The van der Waals surface area contributed by atoms with Crippen LogP contribution in [-0.4, -0.2) is 32.4 Å². The average Bonchev–Trinajstić information content (AvgIpc) is 2.83. The molecule has 0 saturated heterocycles. The van der Waals surface area contributed by atoms with Gasteiger partial charge in [-0.15, -0.1) is 0 Å². The topological polar surface area (TPSA) is 80.0 Å². The number of hydrogen-bond acceptors (Lipinski definition) is 4. The van der Waals surface area contributed by atoms with E-state index in [4.69, 9.17) is 5.11 Å². The number of aromatic nitrogens is 3. The normalized spacial score (nSPS) is 10.4. The van der Waals surface area contributed by atoms with Gasteiger partial charge in [0.1, 0.15) is 12.7 Å². The summed E-state index contributed by atoms with van der Waals surface area (Å²) in [6.07, 6.45) is 3.10. The number of carboxylic acids is 1. The highest BCUT2D eigenvalue weighted by Crippen LogP contribution is 2.07. The molecule has 0 bridgehead atoms. The van der Waals surface area contributed by atoms with Crippen LogP contribution in [0.3, 0.4) is 0 Å². The first-order chi connectivity index (χ1) is 8.25. The van der Waals surface area contributed by atoms with Crippen LogP contribution in [0.15, 0.2) is 36.9 Å². The van der Waals surface area contributed by atoms with Crippen LogP contribution >= 0.6 is 0 Å². The van der Waals surface area contributed by atoms with Gasteiger partial charge >= 0.3 is 5.97 Å². The van der Waals surface area contributed by atoms with E-state index in [0.29, 0.717) is 6.54 Å². The molecule has 0 fully saturated rings. The summed E-state index contributed by atoms with van der Waals surface area (Å²) in [5, 5.41) is 15.3. The summed E-state index contributed by atoms with van der Waals surface area (Å²) in [6.45, 7) is 0.495. The van der Waals surface area contributed by atoms with Crippen LogP contribution in [0, 0.1) is 0 Å². The molecule has 0 atom stereocenters. The largest absolute Gasteiger partial charge is 0.480 e. The summed E-state index contributed by atoms with van der Waals surface area (Å²) in [4.78, 5) is 14.2. The highest BCUT2D eigenvalue weighted by Gasteiger charge is 1.99. The first-order valence-electron chi connectivity index (χ1n) is 5.12. The highest BCUT2D eigenvalue weighted by atomic mass is 16.4. The molecule has 0 amide bonds. The minimum Gasteiger partial charge on any atom is -0.480 e. The third kappa shape index (κ3) is 3.12. The Hall–Kier alpha value is -2.21. The van der Waals surface area contributed by atoms with Gasteiger partial charge in [0.15, 0.2) is 0 Å². The van der Waals surface area contributed by atoms with Gasteiger partial charge < -0.3 is 10.4 Å². The predicted molar refractivity (Wildman–Crippen MR) is 60.7 cm³/mol. The molecule has 0 aliphatic carbocycles. The Morgan fingerprint density at radius 3 is 2.71 bits per heavy atom. The Bertz CT molecular complexity index is 479. The quantitative estimate of drug-likeness (QED) is 0.782. The zero-order valence-electron chi connectivity index (χ0n) is 9.08. The van der Waals surface area contributed by atoms with E-state index < -0.39 is 5.97 Å². The van der Waals surface area contributed by atoms with E-state index >= 15 is 0 Å². The van der Waals surface area contributed by atoms with Crippen LogP contribution in [0.1, 0.15) is 5.56 Å². The van der Waals surface area contributed by atoms with Gasteiger partial charge in [0, 0.05) is 6.54 Å². The van der Waals surface area contributed by atoms with E-state index in [1.165, 1.54) is 6.33 Å². The minimum atomic E-state index is -0.857. The van der Waals surface area contributed by atoms with Gasteiger partial charge in [0.25, 0.3) is 0 Å². The van der Waals surface area contributed by atoms with Crippen LogP contribution in [0.4, 0.5) is 0 Å². The lowest BCUT2D eigenvalue weighted by atomic mass is 10.2. The van der Waals surface area contributed by atoms with E-state index in [1.54, 1.807) is 11.0 Å². The number of nitrogens with zero attached hydrogens (tertiary/aromatic N) is 3. The van der Waals surface area contributed by atoms with Crippen LogP contribution in [0.25, 0.3) is 5.69 Å². The molecule has 17 heavy (non-hydrogen) atoms. The first kappa shape index (κ1) is 11.3. The molecular weight excluding hydrogens is 220 g/mol. The lowest BCUT2D eigenvalue weighted by Gasteiger charge is -2.04. The van der Waals surface area contributed by atoms with E-state index in [9.17, 15) is 4.79 Å². The molecule has 1 aromatic heterocycles. The maximum absolute atomic E-state index is 10.3. The molecule has 0 aliphatic heterocycles. The highest BCUT2D eigenvalue weighted by molar-refractivity contribution is 5.68. The van der Waals surface area contributed by atoms with Crippen molar-refractivity contribution in [3.8, 4) is 5.69 Å². The fraction of sp³-hybridized carbons (Fsp3) is 0.182. The summed E-state index contributed by atoms with van der Waals surface area (Å²) >= 11 is 0. The smallest absolute Gasteiger partial charge is 0.317 e. The monoisotopic (exact) mass is 232 g/mol. The van der Waals surface area contributed by atoms with Crippen molar-refractivity contribution >= 4 is 5.97 Å². The van der Waals surface area contributed by atoms with Crippen molar-refractivity contribution < 1.29 is 9.90 Å². The van der Waals surface area contributed by atoms with Gasteiger partial charge in [-0.05, 0) is 17.7 Å². The second kappa shape index (κ2) is 5.22. The fourth-order valence-corrected chi connectivity index (χ4v) is 1.42. The van der Waals surface area contributed by atoms with E-state index in [0.717, 1.165) is 11.3 Å². The Morgan fingerprint density at radius 1 is 1.35 bits per heavy atom. The molecule has 2 aromatic rings. The fourth-order valence-electron chi connectivity index (χ4n) is 1.42. The number of rotatable bonds is 5. The number of aliphatic carboxylic acids is 1. The SMILES string of the molecule is O=C(O)CNCc1ccc(-n2cncn2)cc1. The average molecular weight is 232 g/mol. The Labute approximate surface area is 97.9 Å². The maximum atomic E-state index is 10.3. The van der Waals surface area contributed by atoms with Gasteiger partial charge in [-0.3, -0.25) is 4.79 Å². The lowest BCUT2D eigenvalue weighted by molar-refractivity contribution is -0.135. The number of benzene rings is 1. The standard InChI is InChI=1S/C11H12N4O2/c16-11(17)6-12-5-9-1-3-10(4-2-9)15-8-13-7-14-15/h1-4,7-8,12H,5-6H2,(H,16,17). The molecule has 0 unspecified atom stereocenters. The first-order valence-corrected chi connectivity index (χ1v) is 5.12. The molecule has 6 heteroatoms. The van der Waals surface area contributed by atoms with Gasteiger partial charge in [-0.25, -0.2) is 9.67 Å². The van der Waals surface area contributed by atoms with Crippen LogP contribution in [0.5, 0.6) is 0 Å². The summed E-state index contributed by atoms with van der Waals surface area (Å²) in [5.74, 6) is -0.857. The van der Waals surface area contributed by atoms with E-state index in [-0.39, 0.29) is 6.54 Å². The molecule has 0 aliphatic rings. The van der Waals surface area contributed by atoms with Crippen molar-refractivity contribution in [2.75, 3.05) is 6.54 Å². The third-order valence-corrected chi connectivity index (χ3v) is 2.22. The Kier molecular flexibility index (Phi) is 3.46. The second-order valence-electron chi connectivity index (χ2n) is 3.50. The van der Waals surface area contributed by atoms with Crippen molar-refractivity contribution in [1.29, 1.82) is 0 Å². The summed E-state index contributed by atoms with van der Waals surface area (Å²) in [7, 11) is 0. The second-order valence-corrected chi connectivity index (χ2v) is 3.50. The molecular formula is C11H12N4O2. The summed E-state index contributed by atoms with van der Waals surface area (Å²) < 4.78 is 1.66. The third-order valence-electron chi connectivity index (χ3n) is 2.22. The number of hydrogen-bond donors (Lipinski definition) is 2. The van der Waals surface area contributed by atoms with Gasteiger partial charge in [0.05, 0.1) is 12.2 Å². The molecule has 2 N–H and O–H groups in total. The summed E-state index contributed by atoms with van der Waals surface area (Å²) in [6, 6.07) is 7.66. The molecule has 1 aromatic carbocycles. The Morgan fingerprint density at radius 2 is 2.12 bits per heavy atom. The zero-order valence-corrected chi connectivity index (χ0v) is 9.08. The number of carbonyl (C=O) groups is 1. The maximum Gasteiger partial charge on any atom is 0.317 e. The van der Waals surface area contributed by atoms with Crippen LogP contribution in [0.2, 0.25) is 0 Å². The van der Waals surface area contributed by atoms with Crippen molar-refractivity contribution in [1.82, 2.24) is 20.1 Å². The Balaban J connectivity index is 1.96. The van der Waals surface area contributed by atoms with Crippen molar-refractivity contribution in [2.45, 2.75) is 6.54 Å². The summed E-state index contributed by atoms with van der Waals surface area (Å²) in [5.41, 5.74) is 1.94. The molecule has 0 spiro atoms. The molecule has 2 rings (SSSR count). The van der Waals surface area contributed by atoms with E-state index in [1.807, 2.05) is 24.3 Å².